The predicted octanol–water partition coefficient (Wildman–Crippen LogP) is 4.73. The molecule has 0 saturated carbocycles. The van der Waals surface area contributed by atoms with Crippen LogP contribution in [0.2, 0.25) is 0 Å². The number of ether oxygens (including phenoxy) is 1. The molecule has 0 unspecified atom stereocenters. The number of carbonyl (C=O) groups excluding carboxylic acids is 2. The molecule has 0 amide bonds. The molecule has 3 aromatic rings. The summed E-state index contributed by atoms with van der Waals surface area (Å²) in [5.74, 6) is -0.268. The van der Waals surface area contributed by atoms with E-state index in [4.69, 9.17) is 9.73 Å². The van der Waals surface area contributed by atoms with E-state index in [0.29, 0.717) is 35.6 Å². The maximum absolute atomic E-state index is 13.7. The van der Waals surface area contributed by atoms with Crippen LogP contribution >= 0.6 is 0 Å². The van der Waals surface area contributed by atoms with Crippen LogP contribution in [0.4, 0.5) is 11.4 Å². The average Bonchev–Trinajstić information content (AvgIpc) is 3.15. The van der Waals surface area contributed by atoms with Crippen LogP contribution in [0.1, 0.15) is 32.7 Å². The zero-order chi connectivity index (χ0) is 20.7. The number of rotatable bonds is 3. The molecule has 1 fully saturated rings. The largest absolute Gasteiger partial charge is 0.439 e. The summed E-state index contributed by atoms with van der Waals surface area (Å²) in [6, 6.07) is 24.1. The van der Waals surface area contributed by atoms with Crippen LogP contribution in [-0.2, 0) is 4.74 Å². The Labute approximate surface area is 174 Å². The van der Waals surface area contributed by atoms with E-state index >= 15 is 0 Å². The number of esters is 1. The average molecular weight is 396 g/mol. The van der Waals surface area contributed by atoms with Crippen molar-refractivity contribution in [1.82, 2.24) is 0 Å². The molecule has 0 radical (unpaired) electrons. The van der Waals surface area contributed by atoms with E-state index in [1.807, 2.05) is 66.4 Å². The fourth-order valence-electron chi connectivity index (χ4n) is 4.13. The van der Waals surface area contributed by atoms with Crippen LogP contribution < -0.4 is 4.90 Å². The number of aryl methyl sites for hydroxylation is 1. The molecule has 5 rings (SSSR count). The highest BCUT2D eigenvalue weighted by atomic mass is 16.6. The molecule has 0 aromatic heterocycles. The van der Waals surface area contributed by atoms with Crippen LogP contribution in [0.3, 0.4) is 0 Å². The van der Waals surface area contributed by atoms with E-state index in [0.717, 1.165) is 11.3 Å². The molecule has 2 aliphatic heterocycles. The topological polar surface area (TPSA) is 59.0 Å². The summed E-state index contributed by atoms with van der Waals surface area (Å²) in [7, 11) is 0. The molecule has 5 heteroatoms. The standard InChI is InChI=1S/C25H20N2O3/c1-17-12-13-21-20(16-17)22(28)25(30-23(29)18-8-4-2-5-9-18)14-15-27(24(25)26-21)19-10-6-3-7-11-19/h2-13,16H,14-15H2,1H3/t25-/m1/s1. The SMILES string of the molecule is Cc1ccc2c(c1)C(=O)[C@]1(OC(=O)c3ccccc3)CCN(c3ccccc3)C1=N2. The number of para-hydroxylation sites is 1. The second-order valence-corrected chi connectivity index (χ2v) is 7.60. The summed E-state index contributed by atoms with van der Waals surface area (Å²) < 4.78 is 5.99. The highest BCUT2D eigenvalue weighted by Gasteiger charge is 2.57. The van der Waals surface area contributed by atoms with Crippen LogP contribution in [0.5, 0.6) is 0 Å². The van der Waals surface area contributed by atoms with E-state index in [-0.39, 0.29) is 5.78 Å². The number of hydrogen-bond donors (Lipinski definition) is 0. The van der Waals surface area contributed by atoms with Gasteiger partial charge < -0.3 is 9.64 Å². The second-order valence-electron chi connectivity index (χ2n) is 7.60. The Bertz CT molecular complexity index is 1170. The first-order valence-electron chi connectivity index (χ1n) is 9.94. The molecule has 0 spiro atoms. The lowest BCUT2D eigenvalue weighted by Gasteiger charge is -2.33. The number of fused-ring (bicyclic) bond motifs is 2. The minimum Gasteiger partial charge on any atom is -0.439 e. The lowest BCUT2D eigenvalue weighted by Crippen LogP contribution is -2.52. The summed E-state index contributed by atoms with van der Waals surface area (Å²) in [6.07, 6.45) is 0.353. The van der Waals surface area contributed by atoms with Gasteiger partial charge in [0.2, 0.25) is 11.4 Å². The zero-order valence-corrected chi connectivity index (χ0v) is 16.5. The smallest absolute Gasteiger partial charge is 0.339 e. The minimum absolute atomic E-state index is 0.214. The molecule has 5 nitrogen and oxygen atoms in total. The van der Waals surface area contributed by atoms with Crippen molar-refractivity contribution in [2.45, 2.75) is 18.9 Å². The molecule has 148 valence electrons. The highest BCUT2D eigenvalue weighted by molar-refractivity contribution is 6.29. The summed E-state index contributed by atoms with van der Waals surface area (Å²) in [5, 5.41) is 0. The third kappa shape index (κ3) is 2.82. The van der Waals surface area contributed by atoms with Gasteiger partial charge in [-0.15, -0.1) is 0 Å². The van der Waals surface area contributed by atoms with Gasteiger partial charge in [-0.25, -0.2) is 9.79 Å². The van der Waals surface area contributed by atoms with E-state index < -0.39 is 11.6 Å². The van der Waals surface area contributed by atoms with Crippen molar-refractivity contribution in [2.75, 3.05) is 11.4 Å². The number of anilines is 1. The summed E-state index contributed by atoms with van der Waals surface area (Å²) >= 11 is 0. The van der Waals surface area contributed by atoms with Gasteiger partial charge >= 0.3 is 5.97 Å². The fourth-order valence-corrected chi connectivity index (χ4v) is 4.13. The Hall–Kier alpha value is -3.73. The number of carbonyl (C=O) groups is 2. The van der Waals surface area contributed by atoms with Gasteiger partial charge in [-0.1, -0.05) is 48.0 Å². The van der Waals surface area contributed by atoms with Gasteiger partial charge in [0.1, 0.15) is 0 Å². The van der Waals surface area contributed by atoms with Gasteiger partial charge in [0.15, 0.2) is 5.84 Å². The molecular formula is C25H20N2O3. The quantitative estimate of drug-likeness (QED) is 0.601. The third-order valence-electron chi connectivity index (χ3n) is 5.64. The van der Waals surface area contributed by atoms with Crippen molar-refractivity contribution in [3.05, 3.63) is 95.6 Å². The van der Waals surface area contributed by atoms with Crippen molar-refractivity contribution < 1.29 is 14.3 Å². The maximum Gasteiger partial charge on any atom is 0.339 e. The summed E-state index contributed by atoms with van der Waals surface area (Å²) in [4.78, 5) is 33.5. The molecule has 0 bridgehead atoms. The van der Waals surface area contributed by atoms with Crippen molar-refractivity contribution in [3.63, 3.8) is 0 Å². The lowest BCUT2D eigenvalue weighted by atomic mass is 9.86. The Morgan fingerprint density at radius 3 is 2.43 bits per heavy atom. The van der Waals surface area contributed by atoms with Crippen LogP contribution in [0, 0.1) is 6.92 Å². The number of ketones is 1. The van der Waals surface area contributed by atoms with Gasteiger partial charge in [-0.2, -0.15) is 0 Å². The van der Waals surface area contributed by atoms with Crippen molar-refractivity contribution in [1.29, 1.82) is 0 Å². The molecule has 2 aliphatic rings. The van der Waals surface area contributed by atoms with Crippen molar-refractivity contribution >= 4 is 29.0 Å². The van der Waals surface area contributed by atoms with E-state index in [2.05, 4.69) is 0 Å². The Balaban J connectivity index is 1.64. The Kier molecular flexibility index (Phi) is 4.24. The Morgan fingerprint density at radius 2 is 1.70 bits per heavy atom. The normalized spacial score (nSPS) is 19.7. The van der Waals surface area contributed by atoms with E-state index in [9.17, 15) is 9.59 Å². The lowest BCUT2D eigenvalue weighted by molar-refractivity contribution is 0.0139. The van der Waals surface area contributed by atoms with E-state index in [1.165, 1.54) is 0 Å². The molecule has 0 N–H and O–H groups in total. The monoisotopic (exact) mass is 396 g/mol. The van der Waals surface area contributed by atoms with Gasteiger partial charge in [-0.05, 0) is 43.3 Å². The number of amidine groups is 1. The van der Waals surface area contributed by atoms with Crippen LogP contribution in [-0.4, -0.2) is 29.7 Å². The minimum atomic E-state index is -1.43. The van der Waals surface area contributed by atoms with Gasteiger partial charge in [0, 0.05) is 24.2 Å². The number of Topliss-reactive ketones (excluding diaryl/α,β-unsaturated/α-hetero) is 1. The first kappa shape index (κ1) is 18.3. The number of aliphatic imine (C=N–C) groups is 1. The molecule has 30 heavy (non-hydrogen) atoms. The molecule has 3 aromatic carbocycles. The van der Waals surface area contributed by atoms with Gasteiger partial charge in [0.05, 0.1) is 11.3 Å². The van der Waals surface area contributed by atoms with Crippen molar-refractivity contribution in [2.24, 2.45) is 4.99 Å². The van der Waals surface area contributed by atoms with Crippen LogP contribution in [0.15, 0.2) is 83.9 Å². The molecule has 1 saturated heterocycles. The summed E-state index contributed by atoms with van der Waals surface area (Å²) in [5.41, 5.74) is 1.96. The van der Waals surface area contributed by atoms with E-state index in [1.54, 1.807) is 24.3 Å². The number of nitrogens with zero attached hydrogens (tertiary/aromatic N) is 2. The third-order valence-corrected chi connectivity index (χ3v) is 5.64. The maximum atomic E-state index is 13.7. The predicted molar refractivity (Wildman–Crippen MR) is 116 cm³/mol. The van der Waals surface area contributed by atoms with Crippen molar-refractivity contribution in [3.8, 4) is 0 Å². The Morgan fingerprint density at radius 1 is 1.00 bits per heavy atom. The van der Waals surface area contributed by atoms with Gasteiger partial charge in [-0.3, -0.25) is 4.79 Å². The molecule has 1 atom stereocenters. The molecule has 0 aliphatic carbocycles. The molecule has 2 heterocycles. The number of hydrogen-bond acceptors (Lipinski definition) is 5. The van der Waals surface area contributed by atoms with Gasteiger partial charge in [0.25, 0.3) is 0 Å². The van der Waals surface area contributed by atoms with Crippen LogP contribution in [0.25, 0.3) is 0 Å². The second kappa shape index (κ2) is 6.95. The molecular weight excluding hydrogens is 376 g/mol. The zero-order valence-electron chi connectivity index (χ0n) is 16.5. The fraction of sp³-hybridized carbons (Fsp3) is 0.160. The summed E-state index contributed by atoms with van der Waals surface area (Å²) in [6.45, 7) is 2.46. The first-order chi connectivity index (χ1) is 14.6. The number of benzene rings is 3. The highest BCUT2D eigenvalue weighted by Crippen LogP contribution is 2.42. The first-order valence-corrected chi connectivity index (χ1v) is 9.94.